The summed E-state index contributed by atoms with van der Waals surface area (Å²) >= 11 is 0. The summed E-state index contributed by atoms with van der Waals surface area (Å²) < 4.78 is 0. The summed E-state index contributed by atoms with van der Waals surface area (Å²) in [6.07, 6.45) is 13.3. The number of piperidine rings is 1. The number of rotatable bonds is 11. The van der Waals surface area contributed by atoms with Gasteiger partial charge in [0.2, 0.25) is 5.91 Å². The minimum Gasteiger partial charge on any atom is -0.371 e. The van der Waals surface area contributed by atoms with Gasteiger partial charge in [-0.3, -0.25) is 9.59 Å². The molecule has 2 N–H and O–H groups in total. The molecule has 1 aliphatic heterocycles. The zero-order valence-corrected chi connectivity index (χ0v) is 18.0. The molecule has 2 amide bonds. The Hall–Kier alpha value is -2.04. The Bertz CT molecular complexity index is 679. The average molecular weight is 400 g/mol. The third-order valence-electron chi connectivity index (χ3n) is 5.89. The first-order chi connectivity index (χ1) is 14.2. The predicted molar refractivity (Wildman–Crippen MR) is 120 cm³/mol. The summed E-state index contributed by atoms with van der Waals surface area (Å²) in [5, 5.41) is 6.11. The van der Waals surface area contributed by atoms with Crippen LogP contribution < -0.4 is 15.5 Å². The van der Waals surface area contributed by atoms with Crippen molar-refractivity contribution < 1.29 is 9.59 Å². The number of unbranched alkanes of at least 4 members (excludes halogenated alkanes) is 5. The van der Waals surface area contributed by atoms with Gasteiger partial charge in [-0.1, -0.05) is 39.0 Å². The number of benzene rings is 1. The van der Waals surface area contributed by atoms with Gasteiger partial charge in [0.15, 0.2) is 0 Å². The molecule has 3 rings (SSSR count). The molecule has 29 heavy (non-hydrogen) atoms. The average Bonchev–Trinajstić information content (AvgIpc) is 3.55. The van der Waals surface area contributed by atoms with Crippen molar-refractivity contribution in [2.24, 2.45) is 0 Å². The van der Waals surface area contributed by atoms with E-state index in [2.05, 4.69) is 22.5 Å². The summed E-state index contributed by atoms with van der Waals surface area (Å²) in [6, 6.07) is 6.13. The molecule has 1 aromatic carbocycles. The van der Waals surface area contributed by atoms with E-state index in [-0.39, 0.29) is 11.8 Å². The molecule has 0 atom stereocenters. The molecule has 1 aromatic rings. The van der Waals surface area contributed by atoms with Crippen LogP contribution in [0.4, 0.5) is 11.4 Å². The van der Waals surface area contributed by atoms with Crippen LogP contribution in [0, 0.1) is 0 Å². The molecule has 2 aliphatic rings. The van der Waals surface area contributed by atoms with Gasteiger partial charge in [0, 0.05) is 36.9 Å². The van der Waals surface area contributed by atoms with E-state index >= 15 is 0 Å². The van der Waals surface area contributed by atoms with Crippen LogP contribution in [0.25, 0.3) is 0 Å². The zero-order chi connectivity index (χ0) is 20.5. The van der Waals surface area contributed by atoms with E-state index in [1.807, 2.05) is 18.2 Å². The third-order valence-corrected chi connectivity index (χ3v) is 5.89. The Morgan fingerprint density at radius 2 is 1.72 bits per heavy atom. The van der Waals surface area contributed by atoms with Crippen molar-refractivity contribution in [3.63, 3.8) is 0 Å². The van der Waals surface area contributed by atoms with E-state index < -0.39 is 0 Å². The Morgan fingerprint density at radius 1 is 1.00 bits per heavy atom. The van der Waals surface area contributed by atoms with Crippen LogP contribution in [-0.4, -0.2) is 30.9 Å². The Balaban J connectivity index is 1.59. The molecule has 160 valence electrons. The van der Waals surface area contributed by atoms with E-state index in [0.29, 0.717) is 18.0 Å². The monoisotopic (exact) mass is 399 g/mol. The molecule has 0 unspecified atom stereocenters. The molecule has 0 spiro atoms. The molecular weight excluding hydrogens is 362 g/mol. The highest BCUT2D eigenvalue weighted by atomic mass is 16.2. The number of nitrogens with zero attached hydrogens (tertiary/aromatic N) is 1. The van der Waals surface area contributed by atoms with Gasteiger partial charge >= 0.3 is 0 Å². The van der Waals surface area contributed by atoms with Crippen molar-refractivity contribution in [3.8, 4) is 0 Å². The quantitative estimate of drug-likeness (QED) is 0.499. The van der Waals surface area contributed by atoms with Gasteiger partial charge in [-0.15, -0.1) is 0 Å². The summed E-state index contributed by atoms with van der Waals surface area (Å²) in [5.41, 5.74) is 2.41. The lowest BCUT2D eigenvalue weighted by atomic mass is 10.1. The van der Waals surface area contributed by atoms with Crippen molar-refractivity contribution >= 4 is 23.2 Å². The number of hydrogen-bond donors (Lipinski definition) is 2. The maximum Gasteiger partial charge on any atom is 0.253 e. The molecular formula is C24H37N3O2. The van der Waals surface area contributed by atoms with Crippen LogP contribution in [0.15, 0.2) is 18.2 Å². The standard InChI is InChI=1S/C24H37N3O2/c1-2-3-4-5-6-8-11-23(28)25-20-14-15-22(27-16-9-7-10-17-27)21(18-20)24(29)26-19-12-13-19/h14-15,18-19H,2-13,16-17H2,1H3,(H,25,28)(H,26,29). The number of amides is 2. The maximum absolute atomic E-state index is 12.8. The second kappa shape index (κ2) is 11.2. The highest BCUT2D eigenvalue weighted by Gasteiger charge is 2.26. The molecule has 1 saturated heterocycles. The smallest absolute Gasteiger partial charge is 0.253 e. The fraction of sp³-hybridized carbons (Fsp3) is 0.667. The summed E-state index contributed by atoms with van der Waals surface area (Å²) in [7, 11) is 0. The van der Waals surface area contributed by atoms with E-state index in [9.17, 15) is 9.59 Å². The predicted octanol–water partition coefficient (Wildman–Crippen LogP) is 5.26. The van der Waals surface area contributed by atoms with Gasteiger partial charge in [0.05, 0.1) is 5.56 Å². The fourth-order valence-electron chi connectivity index (χ4n) is 3.99. The van der Waals surface area contributed by atoms with E-state index in [1.54, 1.807) is 0 Å². The second-order valence-electron chi connectivity index (χ2n) is 8.59. The number of carbonyl (C=O) groups excluding carboxylic acids is 2. The molecule has 1 heterocycles. The van der Waals surface area contributed by atoms with Crippen LogP contribution in [0.5, 0.6) is 0 Å². The summed E-state index contributed by atoms with van der Waals surface area (Å²) in [6.45, 7) is 4.20. The minimum atomic E-state index is -0.0138. The first-order valence-electron chi connectivity index (χ1n) is 11.7. The van der Waals surface area contributed by atoms with Crippen molar-refractivity contribution in [2.75, 3.05) is 23.3 Å². The lowest BCUT2D eigenvalue weighted by Crippen LogP contribution is -2.33. The molecule has 1 aliphatic carbocycles. The Morgan fingerprint density at radius 3 is 2.45 bits per heavy atom. The number of hydrogen-bond acceptors (Lipinski definition) is 3. The molecule has 5 nitrogen and oxygen atoms in total. The van der Waals surface area contributed by atoms with Crippen molar-refractivity contribution in [1.29, 1.82) is 0 Å². The molecule has 1 saturated carbocycles. The SMILES string of the molecule is CCCCCCCCC(=O)Nc1ccc(N2CCCCC2)c(C(=O)NC2CC2)c1. The van der Waals surface area contributed by atoms with E-state index in [0.717, 1.165) is 50.1 Å². The molecule has 5 heteroatoms. The maximum atomic E-state index is 12.8. The van der Waals surface area contributed by atoms with Crippen LogP contribution >= 0.6 is 0 Å². The van der Waals surface area contributed by atoms with E-state index in [1.165, 1.54) is 44.9 Å². The first kappa shape index (κ1) is 21.7. The largest absolute Gasteiger partial charge is 0.371 e. The molecule has 0 aromatic heterocycles. The van der Waals surface area contributed by atoms with Crippen LogP contribution in [-0.2, 0) is 4.79 Å². The topological polar surface area (TPSA) is 61.4 Å². The second-order valence-corrected chi connectivity index (χ2v) is 8.59. The van der Waals surface area contributed by atoms with Crippen LogP contribution in [0.1, 0.15) is 94.3 Å². The highest BCUT2D eigenvalue weighted by Crippen LogP contribution is 2.29. The van der Waals surface area contributed by atoms with Gasteiger partial charge in [-0.05, 0) is 56.7 Å². The Labute approximate surface area is 175 Å². The minimum absolute atomic E-state index is 0.0138. The first-order valence-corrected chi connectivity index (χ1v) is 11.7. The van der Waals surface area contributed by atoms with Crippen molar-refractivity contribution in [3.05, 3.63) is 23.8 Å². The van der Waals surface area contributed by atoms with Crippen LogP contribution in [0.2, 0.25) is 0 Å². The fourth-order valence-corrected chi connectivity index (χ4v) is 3.99. The molecule has 2 fully saturated rings. The highest BCUT2D eigenvalue weighted by molar-refractivity contribution is 6.02. The molecule has 0 radical (unpaired) electrons. The van der Waals surface area contributed by atoms with E-state index in [4.69, 9.17) is 0 Å². The van der Waals surface area contributed by atoms with Gasteiger partial charge in [-0.25, -0.2) is 0 Å². The zero-order valence-electron chi connectivity index (χ0n) is 18.0. The van der Waals surface area contributed by atoms with Crippen molar-refractivity contribution in [2.45, 2.75) is 90.0 Å². The van der Waals surface area contributed by atoms with Gasteiger partial charge in [0.1, 0.15) is 0 Å². The molecule has 0 bridgehead atoms. The summed E-state index contributed by atoms with van der Waals surface area (Å²) in [5.74, 6) is 0.0276. The Kier molecular flexibility index (Phi) is 8.38. The summed E-state index contributed by atoms with van der Waals surface area (Å²) in [4.78, 5) is 27.5. The van der Waals surface area contributed by atoms with Crippen molar-refractivity contribution in [1.82, 2.24) is 5.32 Å². The third kappa shape index (κ3) is 7.06. The lowest BCUT2D eigenvalue weighted by molar-refractivity contribution is -0.116. The van der Waals surface area contributed by atoms with Crippen LogP contribution in [0.3, 0.4) is 0 Å². The van der Waals surface area contributed by atoms with Gasteiger partial charge in [0.25, 0.3) is 5.91 Å². The van der Waals surface area contributed by atoms with Gasteiger partial charge < -0.3 is 15.5 Å². The normalized spacial score (nSPS) is 16.5. The number of nitrogens with one attached hydrogen (secondary N) is 2. The van der Waals surface area contributed by atoms with Gasteiger partial charge in [-0.2, -0.15) is 0 Å². The number of carbonyl (C=O) groups is 2. The lowest BCUT2D eigenvalue weighted by Gasteiger charge is -2.30. The number of anilines is 2.